The molecule has 1 amide bonds. The zero-order valence-corrected chi connectivity index (χ0v) is 15.5. The van der Waals surface area contributed by atoms with Gasteiger partial charge in [-0.25, -0.2) is 12.8 Å². The summed E-state index contributed by atoms with van der Waals surface area (Å²) in [6.45, 7) is -0.327. The number of carbonyl (C=O) groups is 1. The number of amides is 1. The second kappa shape index (κ2) is 7.42. The number of hydrogen-bond donors (Lipinski definition) is 0. The number of carbonyl (C=O) groups excluding carboxylic acids is 1. The fourth-order valence-electron chi connectivity index (χ4n) is 1.98. The quantitative estimate of drug-likeness (QED) is 0.755. The van der Waals surface area contributed by atoms with Gasteiger partial charge in [-0.2, -0.15) is 4.31 Å². The molecule has 128 valence electrons. The molecule has 0 bridgehead atoms. The highest BCUT2D eigenvalue weighted by Gasteiger charge is 2.24. The van der Waals surface area contributed by atoms with Crippen molar-refractivity contribution in [2.45, 2.75) is 4.90 Å². The van der Waals surface area contributed by atoms with Crippen molar-refractivity contribution < 1.29 is 17.6 Å². The summed E-state index contributed by atoms with van der Waals surface area (Å²) in [5, 5.41) is 0. The Morgan fingerprint density at radius 3 is 2.12 bits per heavy atom. The molecule has 0 saturated carbocycles. The zero-order valence-electron chi connectivity index (χ0n) is 13.1. The van der Waals surface area contributed by atoms with Gasteiger partial charge in [-0.15, -0.1) is 0 Å². The molecule has 0 N–H and O–H groups in total. The normalized spacial score (nSPS) is 11.5. The van der Waals surface area contributed by atoms with Crippen molar-refractivity contribution in [3.63, 3.8) is 0 Å². The number of likely N-dealkylation sites (N-methyl/N-ethyl adjacent to an activating group) is 2. The first-order chi connectivity index (χ1) is 11.2. The van der Waals surface area contributed by atoms with E-state index >= 15 is 0 Å². The molecular weight excluding hydrogens is 399 g/mol. The summed E-state index contributed by atoms with van der Waals surface area (Å²) in [5.74, 6) is -0.834. The van der Waals surface area contributed by atoms with E-state index in [1.54, 1.807) is 12.1 Å². The Labute approximate surface area is 148 Å². The topological polar surface area (TPSA) is 57.7 Å². The summed E-state index contributed by atoms with van der Waals surface area (Å²) in [6, 6.07) is 11.5. The molecule has 0 aromatic heterocycles. The Morgan fingerprint density at radius 2 is 1.58 bits per heavy atom. The maximum atomic E-state index is 12.9. The lowest BCUT2D eigenvalue weighted by atomic mass is 10.3. The standard InChI is InChI=1S/C16H16BrFN2O3S/c1-19(24(22,23)15-9-3-12(17)4-10-15)11-16(21)20(2)14-7-5-13(18)6-8-14/h3-10H,11H2,1-2H3. The van der Waals surface area contributed by atoms with Gasteiger partial charge in [0.25, 0.3) is 0 Å². The summed E-state index contributed by atoms with van der Waals surface area (Å²) in [5.41, 5.74) is 0.482. The first-order valence-electron chi connectivity index (χ1n) is 6.96. The van der Waals surface area contributed by atoms with Crippen LogP contribution in [-0.4, -0.2) is 39.3 Å². The van der Waals surface area contributed by atoms with E-state index in [9.17, 15) is 17.6 Å². The van der Waals surface area contributed by atoms with Crippen LogP contribution in [0.3, 0.4) is 0 Å². The summed E-state index contributed by atoms with van der Waals surface area (Å²) in [4.78, 5) is 13.7. The lowest BCUT2D eigenvalue weighted by Gasteiger charge is -2.22. The van der Waals surface area contributed by atoms with Crippen LogP contribution in [-0.2, 0) is 14.8 Å². The summed E-state index contributed by atoms with van der Waals surface area (Å²) >= 11 is 3.24. The summed E-state index contributed by atoms with van der Waals surface area (Å²) in [7, 11) is -0.918. The van der Waals surface area contributed by atoms with Crippen LogP contribution in [0.4, 0.5) is 10.1 Å². The van der Waals surface area contributed by atoms with Crippen molar-refractivity contribution in [1.82, 2.24) is 4.31 Å². The summed E-state index contributed by atoms with van der Waals surface area (Å²) < 4.78 is 39.6. The van der Waals surface area contributed by atoms with Gasteiger partial charge in [0.05, 0.1) is 11.4 Å². The Bertz CT molecular complexity index is 823. The van der Waals surface area contributed by atoms with Crippen LogP contribution in [0.15, 0.2) is 57.9 Å². The highest BCUT2D eigenvalue weighted by molar-refractivity contribution is 9.10. The van der Waals surface area contributed by atoms with E-state index in [4.69, 9.17) is 0 Å². The molecule has 2 rings (SSSR count). The Kier molecular flexibility index (Phi) is 5.74. The van der Waals surface area contributed by atoms with Gasteiger partial charge >= 0.3 is 0 Å². The van der Waals surface area contributed by atoms with E-state index in [0.717, 1.165) is 8.78 Å². The van der Waals surface area contributed by atoms with Crippen LogP contribution >= 0.6 is 15.9 Å². The molecule has 0 atom stereocenters. The fraction of sp³-hybridized carbons (Fsp3) is 0.188. The van der Waals surface area contributed by atoms with Crippen molar-refractivity contribution in [2.75, 3.05) is 25.5 Å². The van der Waals surface area contributed by atoms with Gasteiger partial charge in [0, 0.05) is 24.3 Å². The first-order valence-corrected chi connectivity index (χ1v) is 9.19. The van der Waals surface area contributed by atoms with Gasteiger partial charge in [0.2, 0.25) is 15.9 Å². The molecule has 0 aliphatic heterocycles. The van der Waals surface area contributed by atoms with E-state index in [0.29, 0.717) is 5.69 Å². The van der Waals surface area contributed by atoms with Crippen molar-refractivity contribution in [3.05, 3.63) is 58.8 Å². The van der Waals surface area contributed by atoms with Crippen molar-refractivity contribution in [3.8, 4) is 0 Å². The molecule has 0 saturated heterocycles. The first kappa shape index (κ1) is 18.6. The van der Waals surface area contributed by atoms with Gasteiger partial charge < -0.3 is 4.90 Å². The number of halogens is 2. The molecule has 0 radical (unpaired) electrons. The van der Waals surface area contributed by atoms with E-state index in [1.807, 2.05) is 0 Å². The summed E-state index contributed by atoms with van der Waals surface area (Å²) in [6.07, 6.45) is 0. The number of benzene rings is 2. The molecule has 0 aliphatic rings. The van der Waals surface area contributed by atoms with E-state index in [-0.39, 0.29) is 11.4 Å². The maximum Gasteiger partial charge on any atom is 0.243 e. The Balaban J connectivity index is 2.12. The van der Waals surface area contributed by atoms with Crippen molar-refractivity contribution in [1.29, 1.82) is 0 Å². The minimum atomic E-state index is -3.77. The second-order valence-electron chi connectivity index (χ2n) is 5.14. The third-order valence-electron chi connectivity index (χ3n) is 3.47. The van der Waals surface area contributed by atoms with Gasteiger partial charge in [0.15, 0.2) is 0 Å². The zero-order chi connectivity index (χ0) is 17.9. The van der Waals surface area contributed by atoms with Crippen LogP contribution in [0.1, 0.15) is 0 Å². The number of anilines is 1. The van der Waals surface area contributed by atoms with E-state index < -0.39 is 21.7 Å². The van der Waals surface area contributed by atoms with Crippen LogP contribution in [0.25, 0.3) is 0 Å². The minimum absolute atomic E-state index is 0.102. The van der Waals surface area contributed by atoms with Crippen LogP contribution in [0, 0.1) is 5.82 Å². The highest BCUT2D eigenvalue weighted by Crippen LogP contribution is 2.19. The van der Waals surface area contributed by atoms with Crippen molar-refractivity contribution >= 4 is 37.5 Å². The molecule has 0 heterocycles. The molecule has 0 unspecified atom stereocenters. The Hall–Kier alpha value is -1.77. The molecule has 5 nitrogen and oxygen atoms in total. The SMILES string of the molecule is CN(C(=O)CN(C)S(=O)(=O)c1ccc(Br)cc1)c1ccc(F)cc1. The van der Waals surface area contributed by atoms with Crippen molar-refractivity contribution in [2.24, 2.45) is 0 Å². The van der Waals surface area contributed by atoms with Crippen LogP contribution in [0.5, 0.6) is 0 Å². The third-order valence-corrected chi connectivity index (χ3v) is 5.81. The van der Waals surface area contributed by atoms with Gasteiger partial charge in [-0.1, -0.05) is 15.9 Å². The molecule has 0 fully saturated rings. The molecule has 8 heteroatoms. The van der Waals surface area contributed by atoms with Crippen LogP contribution < -0.4 is 4.90 Å². The second-order valence-corrected chi connectivity index (χ2v) is 8.10. The largest absolute Gasteiger partial charge is 0.314 e. The number of hydrogen-bond acceptors (Lipinski definition) is 3. The maximum absolute atomic E-state index is 12.9. The molecule has 2 aromatic carbocycles. The van der Waals surface area contributed by atoms with Gasteiger partial charge in [0.1, 0.15) is 5.82 Å². The predicted octanol–water partition coefficient (Wildman–Crippen LogP) is 2.87. The van der Waals surface area contributed by atoms with E-state index in [2.05, 4.69) is 15.9 Å². The average molecular weight is 415 g/mol. The predicted molar refractivity (Wildman–Crippen MR) is 93.8 cm³/mol. The Morgan fingerprint density at radius 1 is 1.04 bits per heavy atom. The number of sulfonamides is 1. The molecule has 2 aromatic rings. The molecule has 0 spiro atoms. The van der Waals surface area contributed by atoms with Crippen LogP contribution in [0.2, 0.25) is 0 Å². The average Bonchev–Trinajstić information content (AvgIpc) is 2.55. The molecular formula is C16H16BrFN2O3S. The third kappa shape index (κ3) is 4.19. The minimum Gasteiger partial charge on any atom is -0.314 e. The monoisotopic (exact) mass is 414 g/mol. The van der Waals surface area contributed by atoms with Gasteiger partial charge in [-0.3, -0.25) is 4.79 Å². The highest BCUT2D eigenvalue weighted by atomic mass is 79.9. The van der Waals surface area contributed by atoms with E-state index in [1.165, 1.54) is 55.4 Å². The lowest BCUT2D eigenvalue weighted by molar-refractivity contribution is -0.118. The number of nitrogens with zero attached hydrogens (tertiary/aromatic N) is 2. The fourth-order valence-corrected chi connectivity index (χ4v) is 3.36. The number of rotatable bonds is 5. The molecule has 0 aliphatic carbocycles. The molecule has 24 heavy (non-hydrogen) atoms. The van der Waals surface area contributed by atoms with Gasteiger partial charge in [-0.05, 0) is 48.5 Å². The smallest absolute Gasteiger partial charge is 0.243 e. The lowest BCUT2D eigenvalue weighted by Crippen LogP contribution is -2.39.